The highest BCUT2D eigenvalue weighted by Gasteiger charge is 2.42. The van der Waals surface area contributed by atoms with Crippen molar-refractivity contribution in [2.45, 2.75) is 19.0 Å². The molecule has 1 heterocycles. The third kappa shape index (κ3) is 3.44. The number of benzene rings is 2. The van der Waals surface area contributed by atoms with Crippen LogP contribution in [0.5, 0.6) is 0 Å². The maximum absolute atomic E-state index is 12.6. The molecule has 124 valence electrons. The largest absolute Gasteiger partial charge is 0.352 e. The Labute approximate surface area is 146 Å². The first kappa shape index (κ1) is 16.5. The molecule has 0 saturated carbocycles. The van der Waals surface area contributed by atoms with E-state index < -0.39 is 0 Å². The molecule has 1 aliphatic heterocycles. The van der Waals surface area contributed by atoms with Gasteiger partial charge in [-0.2, -0.15) is 0 Å². The molecular weight excluding hydrogens is 324 g/mol. The summed E-state index contributed by atoms with van der Waals surface area (Å²) in [4.78, 5) is 26.4. The Hall–Kier alpha value is -2.33. The number of nitrogens with zero attached hydrogens (tertiary/aromatic N) is 1. The summed E-state index contributed by atoms with van der Waals surface area (Å²) in [6.07, 6.45) is 0.239. The lowest BCUT2D eigenvalue weighted by atomic mass is 9.93. The second kappa shape index (κ2) is 7.05. The van der Waals surface area contributed by atoms with Crippen molar-refractivity contribution in [1.29, 1.82) is 0 Å². The summed E-state index contributed by atoms with van der Waals surface area (Å²) in [6.45, 7) is 0.423. The van der Waals surface area contributed by atoms with E-state index in [1.54, 1.807) is 24.1 Å². The fourth-order valence-corrected chi connectivity index (χ4v) is 3.26. The van der Waals surface area contributed by atoms with Crippen molar-refractivity contribution in [3.05, 3.63) is 70.7 Å². The van der Waals surface area contributed by atoms with Crippen molar-refractivity contribution in [2.24, 2.45) is 5.92 Å². The standard InChI is InChI=1S/C19H19ClN2O2/c1-22-17(23)11-16(18(22)14-5-3-2-4-6-14)19(24)21-12-13-7-9-15(20)10-8-13/h2-10,16,18H,11-12H2,1H3,(H,21,24)/t16-,18+/m1/s1. The maximum atomic E-state index is 12.6. The predicted molar refractivity (Wildman–Crippen MR) is 93.4 cm³/mol. The van der Waals surface area contributed by atoms with Gasteiger partial charge in [-0.3, -0.25) is 9.59 Å². The van der Waals surface area contributed by atoms with E-state index in [-0.39, 0.29) is 30.2 Å². The van der Waals surface area contributed by atoms with Gasteiger partial charge in [0.2, 0.25) is 11.8 Å². The van der Waals surface area contributed by atoms with E-state index in [0.717, 1.165) is 11.1 Å². The number of hydrogen-bond acceptors (Lipinski definition) is 2. The van der Waals surface area contributed by atoms with Crippen LogP contribution in [-0.2, 0) is 16.1 Å². The maximum Gasteiger partial charge on any atom is 0.226 e. The van der Waals surface area contributed by atoms with E-state index in [1.807, 2.05) is 42.5 Å². The minimum Gasteiger partial charge on any atom is -0.352 e. The molecule has 2 aromatic rings. The molecule has 2 amide bonds. The number of hydrogen-bond donors (Lipinski definition) is 1. The summed E-state index contributed by atoms with van der Waals surface area (Å²) in [5.41, 5.74) is 1.96. The summed E-state index contributed by atoms with van der Waals surface area (Å²) in [5, 5.41) is 3.60. The molecule has 1 saturated heterocycles. The van der Waals surface area contributed by atoms with Gasteiger partial charge in [-0.05, 0) is 23.3 Å². The summed E-state index contributed by atoms with van der Waals surface area (Å²) < 4.78 is 0. The number of rotatable bonds is 4. The average molecular weight is 343 g/mol. The fourth-order valence-electron chi connectivity index (χ4n) is 3.13. The van der Waals surface area contributed by atoms with Gasteiger partial charge in [-0.1, -0.05) is 54.1 Å². The highest BCUT2D eigenvalue weighted by molar-refractivity contribution is 6.30. The van der Waals surface area contributed by atoms with Crippen LogP contribution in [0.15, 0.2) is 54.6 Å². The predicted octanol–water partition coefficient (Wildman–Crippen LogP) is 3.18. The molecule has 0 aliphatic carbocycles. The molecule has 3 rings (SSSR count). The Kier molecular flexibility index (Phi) is 4.86. The van der Waals surface area contributed by atoms with Crippen molar-refractivity contribution >= 4 is 23.4 Å². The highest BCUT2D eigenvalue weighted by Crippen LogP contribution is 2.36. The van der Waals surface area contributed by atoms with Gasteiger partial charge in [0.25, 0.3) is 0 Å². The normalized spacial score (nSPS) is 20.2. The lowest BCUT2D eigenvalue weighted by Crippen LogP contribution is -2.34. The van der Waals surface area contributed by atoms with Crippen LogP contribution in [0.1, 0.15) is 23.6 Å². The van der Waals surface area contributed by atoms with Gasteiger partial charge >= 0.3 is 0 Å². The second-order valence-corrected chi connectivity index (χ2v) is 6.45. The SMILES string of the molecule is CN1C(=O)C[C@@H](C(=O)NCc2ccc(Cl)cc2)[C@@H]1c1ccccc1. The van der Waals surface area contributed by atoms with Crippen LogP contribution in [0.3, 0.4) is 0 Å². The van der Waals surface area contributed by atoms with Crippen LogP contribution in [0.2, 0.25) is 5.02 Å². The number of carbonyl (C=O) groups excluding carboxylic acids is 2. The van der Waals surface area contributed by atoms with Crippen LogP contribution in [0.25, 0.3) is 0 Å². The van der Waals surface area contributed by atoms with E-state index in [0.29, 0.717) is 11.6 Å². The highest BCUT2D eigenvalue weighted by atomic mass is 35.5. The number of likely N-dealkylation sites (tertiary alicyclic amines) is 1. The van der Waals surface area contributed by atoms with Crippen molar-refractivity contribution in [3.8, 4) is 0 Å². The van der Waals surface area contributed by atoms with Crippen LogP contribution >= 0.6 is 11.6 Å². The summed E-state index contributed by atoms with van der Waals surface area (Å²) in [7, 11) is 1.76. The molecule has 2 aromatic carbocycles. The molecule has 1 fully saturated rings. The zero-order valence-corrected chi connectivity index (χ0v) is 14.2. The van der Waals surface area contributed by atoms with E-state index >= 15 is 0 Å². The van der Waals surface area contributed by atoms with Crippen LogP contribution in [-0.4, -0.2) is 23.8 Å². The van der Waals surface area contributed by atoms with Gasteiger partial charge < -0.3 is 10.2 Å². The Balaban J connectivity index is 1.72. The van der Waals surface area contributed by atoms with Crippen LogP contribution < -0.4 is 5.32 Å². The van der Waals surface area contributed by atoms with Gasteiger partial charge in [-0.25, -0.2) is 0 Å². The lowest BCUT2D eigenvalue weighted by Gasteiger charge is -2.25. The van der Waals surface area contributed by atoms with Crippen LogP contribution in [0.4, 0.5) is 0 Å². The Bertz CT molecular complexity index is 731. The molecule has 1 aliphatic rings. The summed E-state index contributed by atoms with van der Waals surface area (Å²) >= 11 is 5.87. The smallest absolute Gasteiger partial charge is 0.226 e. The molecule has 0 bridgehead atoms. The Morgan fingerprint density at radius 2 is 1.83 bits per heavy atom. The number of amides is 2. The van der Waals surface area contributed by atoms with Crippen molar-refractivity contribution in [2.75, 3.05) is 7.05 Å². The fraction of sp³-hybridized carbons (Fsp3) is 0.263. The molecule has 0 aromatic heterocycles. The monoisotopic (exact) mass is 342 g/mol. The van der Waals surface area contributed by atoms with E-state index in [4.69, 9.17) is 11.6 Å². The average Bonchev–Trinajstić information content (AvgIpc) is 2.90. The molecule has 24 heavy (non-hydrogen) atoms. The number of halogens is 1. The zero-order valence-electron chi connectivity index (χ0n) is 13.4. The van der Waals surface area contributed by atoms with Gasteiger partial charge in [0.05, 0.1) is 12.0 Å². The van der Waals surface area contributed by atoms with Crippen molar-refractivity contribution in [3.63, 3.8) is 0 Å². The number of nitrogens with one attached hydrogen (secondary N) is 1. The first-order valence-corrected chi connectivity index (χ1v) is 8.27. The van der Waals surface area contributed by atoms with E-state index in [9.17, 15) is 9.59 Å². The van der Waals surface area contributed by atoms with Crippen molar-refractivity contribution in [1.82, 2.24) is 10.2 Å². The molecule has 5 heteroatoms. The van der Waals surface area contributed by atoms with Gasteiger partial charge in [0.1, 0.15) is 0 Å². The molecule has 0 spiro atoms. The second-order valence-electron chi connectivity index (χ2n) is 6.02. The van der Waals surface area contributed by atoms with Gasteiger partial charge in [0, 0.05) is 25.0 Å². The molecule has 1 N–H and O–H groups in total. The van der Waals surface area contributed by atoms with E-state index in [1.165, 1.54) is 0 Å². The van der Waals surface area contributed by atoms with Gasteiger partial charge in [0.15, 0.2) is 0 Å². The molecular formula is C19H19ClN2O2. The third-order valence-corrected chi connectivity index (χ3v) is 4.70. The minimum absolute atomic E-state index is 0.00417. The Morgan fingerprint density at radius 3 is 2.50 bits per heavy atom. The summed E-state index contributed by atoms with van der Waals surface area (Å²) in [6, 6.07) is 16.8. The van der Waals surface area contributed by atoms with Gasteiger partial charge in [-0.15, -0.1) is 0 Å². The molecule has 2 atom stereocenters. The first-order valence-electron chi connectivity index (χ1n) is 7.89. The topological polar surface area (TPSA) is 49.4 Å². The molecule has 0 unspecified atom stereocenters. The quantitative estimate of drug-likeness (QED) is 0.927. The Morgan fingerprint density at radius 1 is 1.17 bits per heavy atom. The molecule has 4 nitrogen and oxygen atoms in total. The third-order valence-electron chi connectivity index (χ3n) is 4.44. The van der Waals surface area contributed by atoms with E-state index in [2.05, 4.69) is 5.32 Å². The van der Waals surface area contributed by atoms with Crippen molar-refractivity contribution < 1.29 is 9.59 Å². The minimum atomic E-state index is -0.378. The first-order chi connectivity index (χ1) is 11.6. The zero-order chi connectivity index (χ0) is 17.1. The molecule has 0 radical (unpaired) electrons. The summed E-state index contributed by atoms with van der Waals surface area (Å²) in [5.74, 6) is -0.482. The lowest BCUT2D eigenvalue weighted by molar-refractivity contribution is -0.128. The van der Waals surface area contributed by atoms with Crippen LogP contribution in [0, 0.1) is 5.92 Å². The number of carbonyl (C=O) groups is 2.